The summed E-state index contributed by atoms with van der Waals surface area (Å²) in [7, 11) is 1.76. The van der Waals surface area contributed by atoms with Crippen LogP contribution in [0.4, 0.5) is 4.39 Å². The van der Waals surface area contributed by atoms with Crippen LogP contribution in [0.3, 0.4) is 0 Å². The molecule has 1 unspecified atom stereocenters. The first-order chi connectivity index (χ1) is 13.7. The molecule has 0 fully saturated rings. The van der Waals surface area contributed by atoms with Crippen molar-refractivity contribution in [3.63, 3.8) is 0 Å². The number of ether oxygens (including phenoxy) is 1. The van der Waals surface area contributed by atoms with E-state index >= 15 is 0 Å². The highest BCUT2D eigenvalue weighted by molar-refractivity contribution is 5.85. The van der Waals surface area contributed by atoms with E-state index in [1.807, 2.05) is 12.3 Å². The van der Waals surface area contributed by atoms with Crippen molar-refractivity contribution in [2.45, 2.75) is 45.1 Å². The number of hydrogen-bond acceptors (Lipinski definition) is 2. The van der Waals surface area contributed by atoms with E-state index in [1.54, 1.807) is 13.2 Å². The highest BCUT2D eigenvalue weighted by Gasteiger charge is 2.26. The summed E-state index contributed by atoms with van der Waals surface area (Å²) >= 11 is 0. The van der Waals surface area contributed by atoms with Crippen LogP contribution in [0.2, 0.25) is 0 Å². The van der Waals surface area contributed by atoms with Crippen LogP contribution in [-0.2, 0) is 19.3 Å². The van der Waals surface area contributed by atoms with Crippen molar-refractivity contribution in [1.29, 1.82) is 0 Å². The lowest BCUT2D eigenvalue weighted by atomic mass is 9.86. The van der Waals surface area contributed by atoms with Gasteiger partial charge in [0.15, 0.2) is 0 Å². The molecule has 3 aromatic rings. The van der Waals surface area contributed by atoms with Gasteiger partial charge < -0.3 is 9.72 Å². The number of halogens is 2. The number of methoxy groups -OCH3 is 1. The van der Waals surface area contributed by atoms with E-state index in [4.69, 9.17) is 4.74 Å². The standard InChI is InChI=1S/C24H29FN2O.ClH/c1-3-12-27(13-11-18-16-26-23-10-8-19(25)14-21(18)23)20-9-7-17-5-4-6-24(28-2)22(17)15-20;/h4-6,8,10,14,16,20,26H,3,7,9,11-13,15H2,1-2H3;1H. The van der Waals surface area contributed by atoms with Crippen molar-refractivity contribution in [3.8, 4) is 5.75 Å². The molecule has 5 heteroatoms. The van der Waals surface area contributed by atoms with Gasteiger partial charge in [0.25, 0.3) is 0 Å². The second-order valence-electron chi connectivity index (χ2n) is 7.78. The van der Waals surface area contributed by atoms with Gasteiger partial charge in [0, 0.05) is 29.7 Å². The van der Waals surface area contributed by atoms with E-state index in [9.17, 15) is 4.39 Å². The molecule has 1 atom stereocenters. The predicted molar refractivity (Wildman–Crippen MR) is 120 cm³/mol. The molecular weight excluding hydrogens is 387 g/mol. The van der Waals surface area contributed by atoms with Crippen molar-refractivity contribution in [1.82, 2.24) is 9.88 Å². The SMILES string of the molecule is CCCN(CCc1c[nH]c2ccc(F)cc12)C1CCc2cccc(OC)c2C1.Cl. The quantitative estimate of drug-likeness (QED) is 0.547. The second-order valence-corrected chi connectivity index (χ2v) is 7.78. The minimum Gasteiger partial charge on any atom is -0.496 e. The van der Waals surface area contributed by atoms with Gasteiger partial charge in [-0.1, -0.05) is 19.1 Å². The zero-order valence-corrected chi connectivity index (χ0v) is 18.0. The molecule has 1 aliphatic rings. The van der Waals surface area contributed by atoms with E-state index < -0.39 is 0 Å². The van der Waals surface area contributed by atoms with Crippen LogP contribution in [0, 0.1) is 5.82 Å². The number of rotatable bonds is 7. The summed E-state index contributed by atoms with van der Waals surface area (Å²) in [6.45, 7) is 4.32. The Morgan fingerprint density at radius 3 is 2.86 bits per heavy atom. The molecule has 0 radical (unpaired) electrons. The normalized spacial score (nSPS) is 15.9. The molecule has 1 aromatic heterocycles. The van der Waals surface area contributed by atoms with E-state index in [1.165, 1.54) is 29.2 Å². The maximum atomic E-state index is 13.7. The molecule has 0 bridgehead atoms. The summed E-state index contributed by atoms with van der Waals surface area (Å²) in [5.41, 5.74) is 5.01. The van der Waals surface area contributed by atoms with Crippen LogP contribution in [0.1, 0.15) is 36.5 Å². The molecule has 4 rings (SSSR count). The molecule has 0 aliphatic heterocycles. The van der Waals surface area contributed by atoms with Gasteiger partial charge >= 0.3 is 0 Å². The Labute approximate surface area is 178 Å². The molecule has 3 nitrogen and oxygen atoms in total. The highest BCUT2D eigenvalue weighted by Crippen LogP contribution is 2.32. The Morgan fingerprint density at radius 2 is 2.07 bits per heavy atom. The lowest BCUT2D eigenvalue weighted by Gasteiger charge is -2.35. The smallest absolute Gasteiger partial charge is 0.123 e. The Bertz CT molecular complexity index is 941. The minimum atomic E-state index is -0.172. The Morgan fingerprint density at radius 1 is 1.21 bits per heavy atom. The number of benzene rings is 2. The number of aryl methyl sites for hydroxylation is 1. The molecule has 0 saturated carbocycles. The zero-order chi connectivity index (χ0) is 19.5. The highest BCUT2D eigenvalue weighted by atomic mass is 35.5. The summed E-state index contributed by atoms with van der Waals surface area (Å²) < 4.78 is 19.3. The van der Waals surface area contributed by atoms with Gasteiger partial charge in [-0.25, -0.2) is 4.39 Å². The van der Waals surface area contributed by atoms with Crippen LogP contribution < -0.4 is 4.74 Å². The third kappa shape index (κ3) is 4.59. The van der Waals surface area contributed by atoms with E-state index in [0.29, 0.717) is 6.04 Å². The molecule has 29 heavy (non-hydrogen) atoms. The van der Waals surface area contributed by atoms with Crippen molar-refractivity contribution in [2.75, 3.05) is 20.2 Å². The fraction of sp³-hybridized carbons (Fsp3) is 0.417. The van der Waals surface area contributed by atoms with Gasteiger partial charge in [-0.05, 0) is 79.6 Å². The van der Waals surface area contributed by atoms with Crippen LogP contribution in [-0.4, -0.2) is 36.1 Å². The number of hydrogen-bond donors (Lipinski definition) is 1. The van der Waals surface area contributed by atoms with E-state index in [-0.39, 0.29) is 18.2 Å². The summed E-state index contributed by atoms with van der Waals surface area (Å²) in [6, 6.07) is 11.9. The maximum Gasteiger partial charge on any atom is 0.123 e. The fourth-order valence-corrected chi connectivity index (χ4v) is 4.63. The lowest BCUT2D eigenvalue weighted by molar-refractivity contribution is 0.180. The average Bonchev–Trinajstić information content (AvgIpc) is 3.12. The van der Waals surface area contributed by atoms with Crippen molar-refractivity contribution >= 4 is 23.3 Å². The molecule has 0 saturated heterocycles. The number of aromatic nitrogens is 1. The predicted octanol–water partition coefficient (Wildman–Crippen LogP) is 5.55. The Balaban J connectivity index is 0.00000240. The first-order valence-corrected chi connectivity index (χ1v) is 10.3. The van der Waals surface area contributed by atoms with Crippen molar-refractivity contribution < 1.29 is 9.13 Å². The zero-order valence-electron chi connectivity index (χ0n) is 17.2. The van der Waals surface area contributed by atoms with Crippen LogP contribution in [0.15, 0.2) is 42.6 Å². The fourth-order valence-electron chi connectivity index (χ4n) is 4.63. The van der Waals surface area contributed by atoms with Gasteiger partial charge in [0.2, 0.25) is 0 Å². The molecular formula is C24H30ClFN2O. The van der Waals surface area contributed by atoms with Crippen LogP contribution in [0.25, 0.3) is 10.9 Å². The monoisotopic (exact) mass is 416 g/mol. The number of aromatic amines is 1. The molecule has 1 heterocycles. The third-order valence-corrected chi connectivity index (χ3v) is 6.06. The number of nitrogens with zero attached hydrogens (tertiary/aromatic N) is 1. The van der Waals surface area contributed by atoms with Crippen LogP contribution >= 0.6 is 12.4 Å². The first kappa shape index (κ1) is 21.7. The van der Waals surface area contributed by atoms with Gasteiger partial charge in [-0.2, -0.15) is 0 Å². The molecule has 156 valence electrons. The number of H-pyrrole nitrogens is 1. The molecule has 0 spiro atoms. The first-order valence-electron chi connectivity index (χ1n) is 10.3. The molecule has 1 aliphatic carbocycles. The van der Waals surface area contributed by atoms with E-state index in [2.05, 4.69) is 35.0 Å². The lowest BCUT2D eigenvalue weighted by Crippen LogP contribution is -2.41. The summed E-state index contributed by atoms with van der Waals surface area (Å²) in [5, 5.41) is 1.01. The van der Waals surface area contributed by atoms with Crippen LogP contribution in [0.5, 0.6) is 5.75 Å². The summed E-state index contributed by atoms with van der Waals surface area (Å²) in [5.74, 6) is 0.848. The Kier molecular flexibility index (Phi) is 7.20. The molecule has 0 amide bonds. The van der Waals surface area contributed by atoms with Crippen molar-refractivity contribution in [2.24, 2.45) is 0 Å². The largest absolute Gasteiger partial charge is 0.496 e. The topological polar surface area (TPSA) is 28.3 Å². The van der Waals surface area contributed by atoms with Crippen molar-refractivity contribution in [3.05, 3.63) is 65.1 Å². The molecule has 1 N–H and O–H groups in total. The second kappa shape index (κ2) is 9.64. The van der Waals surface area contributed by atoms with Gasteiger partial charge in [0.1, 0.15) is 11.6 Å². The van der Waals surface area contributed by atoms with Gasteiger partial charge in [-0.15, -0.1) is 12.4 Å². The van der Waals surface area contributed by atoms with Gasteiger partial charge in [0.05, 0.1) is 7.11 Å². The average molecular weight is 417 g/mol. The number of nitrogens with one attached hydrogen (secondary N) is 1. The summed E-state index contributed by atoms with van der Waals surface area (Å²) in [6.07, 6.45) is 7.43. The maximum absolute atomic E-state index is 13.7. The van der Waals surface area contributed by atoms with Gasteiger partial charge in [-0.3, -0.25) is 4.90 Å². The summed E-state index contributed by atoms with van der Waals surface area (Å²) in [4.78, 5) is 5.90. The molecule has 2 aromatic carbocycles. The Hall–Kier alpha value is -2.04. The third-order valence-electron chi connectivity index (χ3n) is 6.06. The minimum absolute atomic E-state index is 0. The van der Waals surface area contributed by atoms with E-state index in [0.717, 1.165) is 55.4 Å². The number of fused-ring (bicyclic) bond motifs is 2.